The Balaban J connectivity index is 1.60. The number of aromatic nitrogens is 3. The summed E-state index contributed by atoms with van der Waals surface area (Å²) >= 11 is 0. The Morgan fingerprint density at radius 1 is 1.22 bits per heavy atom. The molecule has 23 heavy (non-hydrogen) atoms. The monoisotopic (exact) mass is 315 g/mol. The molecular weight excluding hydrogens is 294 g/mol. The molecule has 0 N–H and O–H groups in total. The van der Waals surface area contributed by atoms with E-state index in [9.17, 15) is 4.79 Å². The molecule has 0 radical (unpaired) electrons. The molecule has 1 fully saturated rings. The summed E-state index contributed by atoms with van der Waals surface area (Å²) in [5, 5.41) is 0. The van der Waals surface area contributed by atoms with E-state index in [0.29, 0.717) is 24.5 Å². The first kappa shape index (κ1) is 15.5. The summed E-state index contributed by atoms with van der Waals surface area (Å²) in [5.41, 5.74) is 0.521. The second kappa shape index (κ2) is 6.78. The summed E-state index contributed by atoms with van der Waals surface area (Å²) in [7, 11) is 3.53. The maximum atomic E-state index is 12.6. The molecular formula is C16H21N5O2. The summed E-state index contributed by atoms with van der Waals surface area (Å²) in [5.74, 6) is 1.40. The Kier molecular flexibility index (Phi) is 4.57. The Morgan fingerprint density at radius 3 is 2.65 bits per heavy atom. The molecule has 0 spiro atoms. The topological polar surface area (TPSA) is 63.5 Å². The highest BCUT2D eigenvalue weighted by molar-refractivity contribution is 5.96. The van der Waals surface area contributed by atoms with Gasteiger partial charge in [-0.05, 0) is 12.1 Å². The smallest absolute Gasteiger partial charge is 0.259 e. The minimum absolute atomic E-state index is 0.0217. The van der Waals surface area contributed by atoms with E-state index in [1.807, 2.05) is 28.9 Å². The van der Waals surface area contributed by atoms with Crippen LogP contribution in [-0.2, 0) is 13.6 Å². The van der Waals surface area contributed by atoms with Crippen LogP contribution in [0.2, 0.25) is 0 Å². The van der Waals surface area contributed by atoms with Gasteiger partial charge in [0.25, 0.3) is 5.91 Å². The van der Waals surface area contributed by atoms with Crippen molar-refractivity contribution in [2.75, 3.05) is 33.3 Å². The number of ether oxygens (including phenoxy) is 1. The Hall–Kier alpha value is -2.41. The number of methoxy groups -OCH3 is 1. The Bertz CT molecular complexity index is 677. The summed E-state index contributed by atoms with van der Waals surface area (Å²) in [6, 6.07) is 3.52. The van der Waals surface area contributed by atoms with E-state index >= 15 is 0 Å². The largest absolute Gasteiger partial charge is 0.480 e. The molecule has 0 atom stereocenters. The summed E-state index contributed by atoms with van der Waals surface area (Å²) < 4.78 is 7.21. The van der Waals surface area contributed by atoms with E-state index in [-0.39, 0.29) is 5.91 Å². The van der Waals surface area contributed by atoms with Crippen molar-refractivity contribution in [1.29, 1.82) is 0 Å². The van der Waals surface area contributed by atoms with E-state index in [1.165, 1.54) is 7.11 Å². The molecule has 1 amide bonds. The van der Waals surface area contributed by atoms with Crippen LogP contribution >= 0.6 is 0 Å². The number of hydrogen-bond donors (Lipinski definition) is 0. The number of imidazole rings is 1. The van der Waals surface area contributed by atoms with Gasteiger partial charge in [-0.3, -0.25) is 9.69 Å². The number of pyridine rings is 1. The van der Waals surface area contributed by atoms with Crippen LogP contribution in [0.15, 0.2) is 30.7 Å². The van der Waals surface area contributed by atoms with Gasteiger partial charge in [0.2, 0.25) is 5.88 Å². The first-order valence-electron chi connectivity index (χ1n) is 7.66. The van der Waals surface area contributed by atoms with Crippen molar-refractivity contribution in [3.63, 3.8) is 0 Å². The van der Waals surface area contributed by atoms with Crippen molar-refractivity contribution in [3.05, 3.63) is 42.1 Å². The van der Waals surface area contributed by atoms with Gasteiger partial charge in [0.05, 0.1) is 13.7 Å². The van der Waals surface area contributed by atoms with Crippen molar-refractivity contribution in [1.82, 2.24) is 24.3 Å². The number of carbonyl (C=O) groups is 1. The maximum absolute atomic E-state index is 12.6. The molecule has 0 bridgehead atoms. The van der Waals surface area contributed by atoms with Gasteiger partial charge < -0.3 is 14.2 Å². The Labute approximate surface area is 135 Å². The molecule has 7 nitrogen and oxygen atoms in total. The molecule has 2 aromatic heterocycles. The molecule has 0 unspecified atom stereocenters. The van der Waals surface area contributed by atoms with Crippen LogP contribution in [0.4, 0.5) is 0 Å². The predicted octanol–water partition coefficient (Wildman–Crippen LogP) is 0.782. The van der Waals surface area contributed by atoms with Gasteiger partial charge in [-0.15, -0.1) is 0 Å². The van der Waals surface area contributed by atoms with Crippen LogP contribution in [0.5, 0.6) is 5.88 Å². The fourth-order valence-corrected chi connectivity index (χ4v) is 2.74. The second-order valence-electron chi connectivity index (χ2n) is 5.58. The summed E-state index contributed by atoms with van der Waals surface area (Å²) in [4.78, 5) is 25.2. The fourth-order valence-electron chi connectivity index (χ4n) is 2.74. The van der Waals surface area contributed by atoms with Crippen molar-refractivity contribution in [2.45, 2.75) is 6.54 Å². The number of hydrogen-bond acceptors (Lipinski definition) is 5. The van der Waals surface area contributed by atoms with Crippen LogP contribution in [-0.4, -0.2) is 63.5 Å². The van der Waals surface area contributed by atoms with Gasteiger partial charge in [-0.25, -0.2) is 9.97 Å². The molecule has 1 aliphatic heterocycles. The first-order valence-corrected chi connectivity index (χ1v) is 7.66. The SMILES string of the molecule is COc1ncccc1C(=O)N1CCN(Cc2nccn2C)CC1. The third kappa shape index (κ3) is 3.34. The number of amides is 1. The molecule has 1 aliphatic rings. The zero-order valence-corrected chi connectivity index (χ0v) is 13.5. The van der Waals surface area contributed by atoms with Gasteiger partial charge >= 0.3 is 0 Å². The number of carbonyl (C=O) groups excluding carboxylic acids is 1. The Morgan fingerprint density at radius 2 is 2.00 bits per heavy atom. The highest BCUT2D eigenvalue weighted by Gasteiger charge is 2.25. The third-order valence-electron chi connectivity index (χ3n) is 4.14. The molecule has 1 saturated heterocycles. The van der Waals surface area contributed by atoms with Crippen molar-refractivity contribution in [2.24, 2.45) is 7.05 Å². The van der Waals surface area contributed by atoms with Crippen molar-refractivity contribution in [3.8, 4) is 5.88 Å². The fraction of sp³-hybridized carbons (Fsp3) is 0.438. The normalized spacial score (nSPS) is 15.7. The standard InChI is InChI=1S/C16H21N5O2/c1-19-7-6-17-14(19)12-20-8-10-21(11-9-20)16(22)13-4-3-5-18-15(13)23-2/h3-7H,8-12H2,1-2H3. The van der Waals surface area contributed by atoms with Crippen molar-refractivity contribution < 1.29 is 9.53 Å². The van der Waals surface area contributed by atoms with E-state index in [0.717, 1.165) is 25.5 Å². The lowest BCUT2D eigenvalue weighted by Crippen LogP contribution is -2.48. The molecule has 0 aromatic carbocycles. The molecule has 0 aliphatic carbocycles. The maximum Gasteiger partial charge on any atom is 0.259 e. The molecule has 0 saturated carbocycles. The lowest BCUT2D eigenvalue weighted by atomic mass is 10.2. The van der Waals surface area contributed by atoms with Gasteiger partial charge in [-0.2, -0.15) is 0 Å². The molecule has 2 aromatic rings. The highest BCUT2D eigenvalue weighted by Crippen LogP contribution is 2.17. The third-order valence-corrected chi connectivity index (χ3v) is 4.14. The lowest BCUT2D eigenvalue weighted by Gasteiger charge is -2.34. The molecule has 3 heterocycles. The van der Waals surface area contributed by atoms with E-state index in [4.69, 9.17) is 4.74 Å². The van der Waals surface area contributed by atoms with Crippen LogP contribution in [0.3, 0.4) is 0 Å². The van der Waals surface area contributed by atoms with Crippen LogP contribution in [0.1, 0.15) is 16.2 Å². The highest BCUT2D eigenvalue weighted by atomic mass is 16.5. The van der Waals surface area contributed by atoms with E-state index in [1.54, 1.807) is 18.3 Å². The van der Waals surface area contributed by atoms with E-state index in [2.05, 4.69) is 14.9 Å². The summed E-state index contributed by atoms with van der Waals surface area (Å²) in [6.07, 6.45) is 5.38. The zero-order chi connectivity index (χ0) is 16.2. The quantitative estimate of drug-likeness (QED) is 0.834. The molecule has 122 valence electrons. The second-order valence-corrected chi connectivity index (χ2v) is 5.58. The van der Waals surface area contributed by atoms with Crippen LogP contribution in [0, 0.1) is 0 Å². The minimum atomic E-state index is -0.0217. The zero-order valence-electron chi connectivity index (χ0n) is 13.5. The minimum Gasteiger partial charge on any atom is -0.480 e. The van der Waals surface area contributed by atoms with Gasteiger partial charge in [0, 0.05) is 51.8 Å². The average molecular weight is 315 g/mol. The number of aryl methyl sites for hydroxylation is 1. The van der Waals surface area contributed by atoms with Gasteiger partial charge in [0.1, 0.15) is 11.4 Å². The van der Waals surface area contributed by atoms with Crippen LogP contribution < -0.4 is 4.74 Å². The number of rotatable bonds is 4. The molecule has 7 heteroatoms. The van der Waals surface area contributed by atoms with Gasteiger partial charge in [-0.1, -0.05) is 0 Å². The number of nitrogens with zero attached hydrogens (tertiary/aromatic N) is 5. The molecule has 3 rings (SSSR count). The first-order chi connectivity index (χ1) is 11.2. The van der Waals surface area contributed by atoms with E-state index < -0.39 is 0 Å². The number of piperazine rings is 1. The predicted molar refractivity (Wildman–Crippen MR) is 85.2 cm³/mol. The lowest BCUT2D eigenvalue weighted by molar-refractivity contribution is 0.0620. The average Bonchev–Trinajstić information content (AvgIpc) is 3.00. The van der Waals surface area contributed by atoms with Crippen molar-refractivity contribution >= 4 is 5.91 Å². The van der Waals surface area contributed by atoms with Gasteiger partial charge in [0.15, 0.2) is 0 Å². The summed E-state index contributed by atoms with van der Waals surface area (Å²) in [6.45, 7) is 3.87. The van der Waals surface area contributed by atoms with Crippen LogP contribution in [0.25, 0.3) is 0 Å².